The van der Waals surface area contributed by atoms with Gasteiger partial charge in [-0.25, -0.2) is 15.0 Å². The molecular formula is C28H53N5O3Si2. The second-order valence-electron chi connectivity index (χ2n) is 13.1. The zero-order valence-electron chi connectivity index (χ0n) is 25.9. The zero-order valence-corrected chi connectivity index (χ0v) is 27.9. The summed E-state index contributed by atoms with van der Waals surface area (Å²) < 4.78 is 23.2. The molecule has 0 aliphatic carbocycles. The van der Waals surface area contributed by atoms with Crippen LogP contribution in [-0.4, -0.2) is 55.0 Å². The summed E-state index contributed by atoms with van der Waals surface area (Å²) in [6.45, 7) is 28.5. The molecule has 2 N–H and O–H groups in total. The summed E-state index contributed by atoms with van der Waals surface area (Å²) in [7, 11) is -4.22. The molecule has 3 atom stereocenters. The molecule has 1 aliphatic rings. The number of imidazole rings is 1. The average Bonchev–Trinajstić information content (AvgIpc) is 3.41. The Morgan fingerprint density at radius 1 is 0.842 bits per heavy atom. The number of aromatic nitrogens is 4. The van der Waals surface area contributed by atoms with E-state index in [1.807, 2.05) is 4.57 Å². The largest absolute Gasteiger partial charge is 0.413 e. The van der Waals surface area contributed by atoms with Crippen LogP contribution in [-0.2, 0) is 13.6 Å². The highest BCUT2D eigenvalue weighted by Gasteiger charge is 2.51. The summed E-state index contributed by atoms with van der Waals surface area (Å²) >= 11 is 0. The van der Waals surface area contributed by atoms with Crippen LogP contribution >= 0.6 is 0 Å². The summed E-state index contributed by atoms with van der Waals surface area (Å²) in [5, 5.41) is 0. The molecule has 0 unspecified atom stereocenters. The van der Waals surface area contributed by atoms with E-state index in [-0.39, 0.29) is 18.4 Å². The predicted octanol–water partition coefficient (Wildman–Crippen LogP) is 7.45. The Bertz CT molecular complexity index is 1010. The van der Waals surface area contributed by atoms with Gasteiger partial charge in [0.2, 0.25) is 8.32 Å². The van der Waals surface area contributed by atoms with E-state index in [9.17, 15) is 0 Å². The molecule has 8 nitrogen and oxygen atoms in total. The molecule has 0 spiro atoms. The minimum atomic E-state index is -2.15. The fraction of sp³-hybridized carbons (Fsp3) is 0.821. The van der Waals surface area contributed by atoms with Crippen molar-refractivity contribution in [1.82, 2.24) is 19.5 Å². The minimum Gasteiger partial charge on any atom is -0.413 e. The highest BCUT2D eigenvalue weighted by molar-refractivity contribution is 6.78. The van der Waals surface area contributed by atoms with Gasteiger partial charge in [0.1, 0.15) is 24.2 Å². The molecule has 0 radical (unpaired) electrons. The SMILES string of the molecule is CC(C)[Si](OC[C@H]1O[C@@H](n2c[15n]c3c(N)ncnc32)C[C@@H]1O[Si](C(C)C)(C(C)C)C(C)C)(C(C)C)C(C)C. The molecule has 0 amide bonds. The number of hydrogen-bond donors (Lipinski definition) is 1. The van der Waals surface area contributed by atoms with Gasteiger partial charge in [0.25, 0.3) is 0 Å². The third-order valence-electron chi connectivity index (χ3n) is 9.15. The molecule has 1 aliphatic heterocycles. The minimum absolute atomic E-state index is 0.0614. The summed E-state index contributed by atoms with van der Waals surface area (Å²) in [5.74, 6) is 0.381. The van der Waals surface area contributed by atoms with E-state index in [0.717, 1.165) is 6.42 Å². The topological polar surface area (TPSA) is 97.3 Å². The zero-order chi connectivity index (χ0) is 28.6. The van der Waals surface area contributed by atoms with E-state index < -0.39 is 16.6 Å². The van der Waals surface area contributed by atoms with Crippen LogP contribution in [0, 0.1) is 0 Å². The van der Waals surface area contributed by atoms with Gasteiger partial charge < -0.3 is 19.3 Å². The Hall–Kier alpha value is -1.34. The lowest BCUT2D eigenvalue weighted by Gasteiger charge is -2.45. The lowest BCUT2D eigenvalue weighted by Crippen LogP contribution is -2.53. The molecule has 3 heterocycles. The van der Waals surface area contributed by atoms with E-state index >= 15 is 0 Å². The fourth-order valence-corrected chi connectivity index (χ4v) is 18.7. The predicted molar refractivity (Wildman–Crippen MR) is 161 cm³/mol. The first-order valence-corrected chi connectivity index (χ1v) is 18.9. The Kier molecular flexibility index (Phi) is 9.88. The van der Waals surface area contributed by atoms with Crippen LogP contribution in [0.3, 0.4) is 0 Å². The molecule has 10 heteroatoms. The van der Waals surface area contributed by atoms with E-state index in [2.05, 4.69) is 98.0 Å². The van der Waals surface area contributed by atoms with Crippen molar-refractivity contribution in [1.29, 1.82) is 0 Å². The van der Waals surface area contributed by atoms with Crippen LogP contribution in [0.15, 0.2) is 12.7 Å². The van der Waals surface area contributed by atoms with Crippen molar-refractivity contribution < 1.29 is 13.6 Å². The number of hydrogen-bond acceptors (Lipinski definition) is 7. The summed E-state index contributed by atoms with van der Waals surface area (Å²) in [4.78, 5) is 13.1. The molecular weight excluding hydrogens is 512 g/mol. The van der Waals surface area contributed by atoms with Gasteiger partial charge in [-0.2, -0.15) is 0 Å². The monoisotopic (exact) mass is 564 g/mol. The van der Waals surface area contributed by atoms with Crippen LogP contribution < -0.4 is 5.73 Å². The third kappa shape index (κ3) is 5.48. The molecule has 0 aromatic carbocycles. The standard InChI is InChI=1S/C28H53N5O3Si2/c1-17(2)37(18(3)4,19(5)6)34-14-24-23(36-38(20(7)8,21(9)10)22(11)12)13-25(35-24)33-16-32-26-27(29)30-15-31-28(26)33/h15-25H,13-14H2,1-12H3,(H2,29,30,31)/t23-,24+,25+/m0/s1/i32+1. The number of rotatable bonds is 12. The molecule has 0 bridgehead atoms. The number of nitrogens with two attached hydrogens (primary N) is 1. The number of nitrogen functional groups attached to an aromatic ring is 1. The summed E-state index contributed by atoms with van der Waals surface area (Å²) in [6.07, 6.45) is 3.51. The van der Waals surface area contributed by atoms with Crippen molar-refractivity contribution in [2.75, 3.05) is 12.3 Å². The van der Waals surface area contributed by atoms with Gasteiger partial charge in [-0.3, -0.25) is 4.57 Å². The maximum absolute atomic E-state index is 7.36. The fourth-order valence-electron chi connectivity index (χ4n) is 7.62. The first kappa shape index (κ1) is 31.2. The second-order valence-corrected chi connectivity index (χ2v) is 23.9. The van der Waals surface area contributed by atoms with Crippen LogP contribution in [0.1, 0.15) is 95.7 Å². The first-order valence-electron chi connectivity index (χ1n) is 14.6. The summed E-state index contributed by atoms with van der Waals surface area (Å²) in [6, 6.07) is 0. The van der Waals surface area contributed by atoms with Crippen LogP contribution in [0.4, 0.5) is 5.82 Å². The lowest BCUT2D eigenvalue weighted by molar-refractivity contribution is -0.0395. The van der Waals surface area contributed by atoms with E-state index in [1.165, 1.54) is 6.33 Å². The second kappa shape index (κ2) is 12.0. The van der Waals surface area contributed by atoms with E-state index in [1.54, 1.807) is 6.33 Å². The molecule has 3 rings (SSSR count). The van der Waals surface area contributed by atoms with Crippen LogP contribution in [0.2, 0.25) is 33.2 Å². The smallest absolute Gasteiger partial charge is 0.200 e. The van der Waals surface area contributed by atoms with Crippen molar-refractivity contribution in [3.05, 3.63) is 12.7 Å². The first-order chi connectivity index (χ1) is 17.7. The average molecular weight is 565 g/mol. The Labute approximate surface area is 232 Å². The quantitative estimate of drug-likeness (QED) is 0.267. The van der Waals surface area contributed by atoms with Crippen LogP contribution in [0.5, 0.6) is 0 Å². The Morgan fingerprint density at radius 2 is 1.37 bits per heavy atom. The number of ether oxygens (including phenoxy) is 1. The molecule has 38 heavy (non-hydrogen) atoms. The number of nitrogens with zero attached hydrogens (tertiary/aromatic N) is 4. The van der Waals surface area contributed by atoms with Gasteiger partial charge in [0.05, 0.1) is 19.0 Å². The van der Waals surface area contributed by atoms with Gasteiger partial charge in [-0.1, -0.05) is 83.1 Å². The highest BCUT2D eigenvalue weighted by atomic mass is 28.4. The number of fused-ring (bicyclic) bond motifs is 1. The van der Waals surface area contributed by atoms with Crippen molar-refractivity contribution in [3.8, 4) is 0 Å². The van der Waals surface area contributed by atoms with Gasteiger partial charge >= 0.3 is 0 Å². The molecule has 2 aromatic rings. The third-order valence-corrected chi connectivity index (χ3v) is 21.4. The van der Waals surface area contributed by atoms with E-state index in [4.69, 9.17) is 19.3 Å². The molecule has 1 saturated heterocycles. The Morgan fingerprint density at radius 3 is 1.87 bits per heavy atom. The van der Waals surface area contributed by atoms with Crippen molar-refractivity contribution >= 4 is 33.6 Å². The Balaban J connectivity index is 2.00. The van der Waals surface area contributed by atoms with Gasteiger partial charge in [0.15, 0.2) is 19.8 Å². The van der Waals surface area contributed by atoms with Crippen molar-refractivity contribution in [2.45, 2.75) is 141 Å². The van der Waals surface area contributed by atoms with E-state index in [0.29, 0.717) is 56.8 Å². The van der Waals surface area contributed by atoms with Gasteiger partial charge in [-0.05, 0) is 33.2 Å². The molecule has 1 fully saturated rings. The van der Waals surface area contributed by atoms with Gasteiger partial charge in [-0.15, -0.1) is 0 Å². The van der Waals surface area contributed by atoms with Gasteiger partial charge in [0, 0.05) is 6.42 Å². The normalized spacial score (nSPS) is 21.5. The molecule has 2 aromatic heterocycles. The highest BCUT2D eigenvalue weighted by Crippen LogP contribution is 2.47. The van der Waals surface area contributed by atoms with Crippen molar-refractivity contribution in [2.24, 2.45) is 0 Å². The maximum atomic E-state index is 7.36. The summed E-state index contributed by atoms with van der Waals surface area (Å²) in [5.41, 5.74) is 10.4. The lowest BCUT2D eigenvalue weighted by atomic mass is 10.2. The number of anilines is 1. The molecule has 0 saturated carbocycles. The maximum Gasteiger partial charge on any atom is 0.200 e. The van der Waals surface area contributed by atoms with Crippen LogP contribution in [0.25, 0.3) is 11.2 Å². The van der Waals surface area contributed by atoms with Crippen molar-refractivity contribution in [3.63, 3.8) is 0 Å². The molecule has 216 valence electrons.